The van der Waals surface area contributed by atoms with Gasteiger partial charge in [0.1, 0.15) is 6.04 Å². The van der Waals surface area contributed by atoms with Crippen LogP contribution in [0.25, 0.3) is 0 Å². The molecule has 7 heteroatoms. The molecule has 2 rings (SSSR count). The summed E-state index contributed by atoms with van der Waals surface area (Å²) in [6, 6.07) is 14.9. The molecule has 2 aromatic rings. The van der Waals surface area contributed by atoms with Crippen molar-refractivity contribution in [1.82, 2.24) is 5.32 Å². The fourth-order valence-electron chi connectivity index (χ4n) is 2.78. The van der Waals surface area contributed by atoms with Crippen LogP contribution < -0.4 is 16.4 Å². The molecule has 0 aromatic heterocycles. The number of nitrogens with one attached hydrogen (secondary N) is 2. The van der Waals surface area contributed by atoms with E-state index in [1.54, 1.807) is 0 Å². The van der Waals surface area contributed by atoms with Crippen LogP contribution >= 0.6 is 0 Å². The number of urea groups is 1. The molecule has 0 bridgehead atoms. The van der Waals surface area contributed by atoms with E-state index < -0.39 is 30.6 Å². The van der Waals surface area contributed by atoms with Gasteiger partial charge in [-0.15, -0.1) is 0 Å². The molecule has 154 valence electrons. The molecular weight excluding hydrogens is 370 g/mol. The lowest BCUT2D eigenvalue weighted by Gasteiger charge is -2.16. The van der Waals surface area contributed by atoms with Crippen LogP contribution in [0.3, 0.4) is 0 Å². The monoisotopic (exact) mass is 397 g/mol. The zero-order chi connectivity index (χ0) is 21.2. The smallest absolute Gasteiger partial charge is 0.329 e. The highest BCUT2D eigenvalue weighted by Gasteiger charge is 2.22. The zero-order valence-corrected chi connectivity index (χ0v) is 16.7. The van der Waals surface area contributed by atoms with Gasteiger partial charge in [0, 0.05) is 12.1 Å². The van der Waals surface area contributed by atoms with Crippen molar-refractivity contribution in [2.75, 3.05) is 11.9 Å². The minimum atomic E-state index is -0.975. The Kier molecular flexibility index (Phi) is 8.21. The van der Waals surface area contributed by atoms with E-state index in [1.165, 1.54) is 5.56 Å². The molecule has 0 unspecified atom stereocenters. The molecule has 3 amide bonds. The van der Waals surface area contributed by atoms with Gasteiger partial charge in [-0.3, -0.25) is 4.79 Å². The number of primary amides is 1. The largest absolute Gasteiger partial charge is 0.454 e. The summed E-state index contributed by atoms with van der Waals surface area (Å²) < 4.78 is 5.07. The summed E-state index contributed by atoms with van der Waals surface area (Å²) in [6.45, 7) is 3.80. The van der Waals surface area contributed by atoms with Crippen LogP contribution in [0.4, 0.5) is 10.5 Å². The van der Waals surface area contributed by atoms with Crippen LogP contribution in [0, 0.1) is 0 Å². The number of amides is 3. The van der Waals surface area contributed by atoms with E-state index in [1.807, 2.05) is 54.6 Å². The summed E-state index contributed by atoms with van der Waals surface area (Å²) in [6.07, 6.45) is 1.24. The lowest BCUT2D eigenvalue weighted by Crippen LogP contribution is -2.46. The van der Waals surface area contributed by atoms with Gasteiger partial charge in [0.25, 0.3) is 5.91 Å². The number of hydrogen-bond acceptors (Lipinski definition) is 4. The summed E-state index contributed by atoms with van der Waals surface area (Å²) in [5.74, 6) is -0.748. The van der Waals surface area contributed by atoms with E-state index in [0.29, 0.717) is 11.6 Å². The van der Waals surface area contributed by atoms with Crippen LogP contribution in [-0.4, -0.2) is 30.6 Å². The molecule has 4 N–H and O–H groups in total. The Bertz CT molecular complexity index is 822. The van der Waals surface area contributed by atoms with Crippen molar-refractivity contribution in [3.8, 4) is 0 Å². The van der Waals surface area contributed by atoms with Gasteiger partial charge in [-0.25, -0.2) is 9.59 Å². The first kappa shape index (κ1) is 21.9. The minimum absolute atomic E-state index is 0.210. The van der Waals surface area contributed by atoms with Gasteiger partial charge in [-0.1, -0.05) is 56.3 Å². The third kappa shape index (κ3) is 7.29. The van der Waals surface area contributed by atoms with Gasteiger partial charge in [0.05, 0.1) is 0 Å². The van der Waals surface area contributed by atoms with E-state index in [2.05, 4.69) is 24.5 Å². The first-order valence-electron chi connectivity index (χ1n) is 9.55. The SMILES string of the molecule is CC[C@@H](C)c1ccc(NC(=O)COC(=O)[C@H](Cc2ccccc2)NC(N)=O)cc1. The maximum atomic E-state index is 12.3. The third-order valence-corrected chi connectivity index (χ3v) is 4.61. The van der Waals surface area contributed by atoms with E-state index in [4.69, 9.17) is 10.5 Å². The summed E-state index contributed by atoms with van der Waals surface area (Å²) in [5.41, 5.74) is 7.79. The second-order valence-electron chi connectivity index (χ2n) is 6.84. The number of rotatable bonds is 9. The van der Waals surface area contributed by atoms with Gasteiger partial charge in [0.15, 0.2) is 6.61 Å². The van der Waals surface area contributed by atoms with Crippen LogP contribution in [0.5, 0.6) is 0 Å². The topological polar surface area (TPSA) is 111 Å². The van der Waals surface area contributed by atoms with E-state index in [-0.39, 0.29) is 6.42 Å². The number of esters is 1. The molecule has 0 spiro atoms. The molecule has 0 heterocycles. The maximum absolute atomic E-state index is 12.3. The number of ether oxygens (including phenoxy) is 1. The highest BCUT2D eigenvalue weighted by molar-refractivity contribution is 5.93. The van der Waals surface area contributed by atoms with Crippen molar-refractivity contribution in [2.45, 2.75) is 38.6 Å². The lowest BCUT2D eigenvalue weighted by molar-refractivity contribution is -0.149. The third-order valence-electron chi connectivity index (χ3n) is 4.61. The van der Waals surface area contributed by atoms with Gasteiger partial charge in [0.2, 0.25) is 0 Å². The lowest BCUT2D eigenvalue weighted by atomic mass is 9.99. The molecule has 29 heavy (non-hydrogen) atoms. The Balaban J connectivity index is 1.89. The fourth-order valence-corrected chi connectivity index (χ4v) is 2.78. The molecule has 0 radical (unpaired) electrons. The highest BCUT2D eigenvalue weighted by atomic mass is 16.5. The van der Waals surface area contributed by atoms with E-state index >= 15 is 0 Å². The molecule has 2 atom stereocenters. The predicted molar refractivity (Wildman–Crippen MR) is 111 cm³/mol. The quantitative estimate of drug-likeness (QED) is 0.565. The van der Waals surface area contributed by atoms with Crippen molar-refractivity contribution < 1.29 is 19.1 Å². The number of anilines is 1. The molecular formula is C22H27N3O4. The number of nitrogens with two attached hydrogens (primary N) is 1. The van der Waals surface area contributed by atoms with Crippen LogP contribution in [0.15, 0.2) is 54.6 Å². The predicted octanol–water partition coefficient (Wildman–Crippen LogP) is 2.96. The molecule has 0 saturated carbocycles. The average Bonchev–Trinajstić information content (AvgIpc) is 2.72. The first-order chi connectivity index (χ1) is 13.9. The van der Waals surface area contributed by atoms with E-state index in [9.17, 15) is 14.4 Å². The summed E-state index contributed by atoms with van der Waals surface area (Å²) in [4.78, 5) is 35.6. The Morgan fingerprint density at radius 1 is 1.03 bits per heavy atom. The van der Waals surface area contributed by atoms with Crippen molar-refractivity contribution >= 4 is 23.6 Å². The Labute approximate surface area is 170 Å². The highest BCUT2D eigenvalue weighted by Crippen LogP contribution is 2.20. The molecule has 0 aliphatic carbocycles. The normalized spacial score (nSPS) is 12.5. The van der Waals surface area contributed by atoms with Crippen molar-refractivity contribution in [3.63, 3.8) is 0 Å². The summed E-state index contributed by atoms with van der Waals surface area (Å²) >= 11 is 0. The number of hydrogen-bond donors (Lipinski definition) is 3. The van der Waals surface area contributed by atoms with Gasteiger partial charge in [-0.05, 0) is 35.6 Å². The minimum Gasteiger partial charge on any atom is -0.454 e. The van der Waals surface area contributed by atoms with Gasteiger partial charge >= 0.3 is 12.0 Å². The standard InChI is InChI=1S/C22H27N3O4/c1-3-15(2)17-9-11-18(12-10-17)24-20(26)14-29-21(27)19(25-22(23)28)13-16-7-5-4-6-8-16/h4-12,15,19H,3,13-14H2,1-2H3,(H,24,26)(H3,23,25,28)/t15-,19+/m1/s1. The zero-order valence-electron chi connectivity index (χ0n) is 16.7. The van der Waals surface area contributed by atoms with Crippen LogP contribution in [-0.2, 0) is 20.7 Å². The number of benzene rings is 2. The second kappa shape index (κ2) is 10.8. The Morgan fingerprint density at radius 2 is 1.69 bits per heavy atom. The average molecular weight is 397 g/mol. The Morgan fingerprint density at radius 3 is 2.28 bits per heavy atom. The molecule has 2 aromatic carbocycles. The van der Waals surface area contributed by atoms with Gasteiger partial charge in [-0.2, -0.15) is 0 Å². The molecule has 7 nitrogen and oxygen atoms in total. The Hall–Kier alpha value is -3.35. The molecule has 0 saturated heterocycles. The first-order valence-corrected chi connectivity index (χ1v) is 9.55. The van der Waals surface area contributed by atoms with Crippen molar-refractivity contribution in [2.24, 2.45) is 5.73 Å². The maximum Gasteiger partial charge on any atom is 0.329 e. The summed E-state index contributed by atoms with van der Waals surface area (Å²) in [5, 5.41) is 5.04. The van der Waals surface area contributed by atoms with Crippen LogP contribution in [0.2, 0.25) is 0 Å². The van der Waals surface area contributed by atoms with Crippen LogP contribution in [0.1, 0.15) is 37.3 Å². The van der Waals surface area contributed by atoms with Crippen molar-refractivity contribution in [3.05, 3.63) is 65.7 Å². The fraction of sp³-hybridized carbons (Fsp3) is 0.318. The molecule has 0 aliphatic rings. The van der Waals surface area contributed by atoms with Crippen molar-refractivity contribution in [1.29, 1.82) is 0 Å². The molecule has 0 fully saturated rings. The molecule has 0 aliphatic heterocycles. The summed E-state index contributed by atoms with van der Waals surface area (Å²) in [7, 11) is 0. The van der Waals surface area contributed by atoms with Gasteiger partial charge < -0.3 is 21.1 Å². The van der Waals surface area contributed by atoms with E-state index in [0.717, 1.165) is 12.0 Å². The number of carbonyl (C=O) groups is 3. The number of carbonyl (C=O) groups excluding carboxylic acids is 3. The second-order valence-corrected chi connectivity index (χ2v) is 6.84.